The molecule has 0 spiro atoms. The van der Waals surface area contributed by atoms with Gasteiger partial charge in [0, 0.05) is 7.11 Å². The van der Waals surface area contributed by atoms with Crippen LogP contribution in [0.25, 0.3) is 6.08 Å². The summed E-state index contributed by atoms with van der Waals surface area (Å²) in [5, 5.41) is 9.39. The lowest BCUT2D eigenvalue weighted by Gasteiger charge is -2.14. The molecule has 6 heteroatoms. The van der Waals surface area contributed by atoms with Gasteiger partial charge in [0.2, 0.25) is 0 Å². The molecule has 3 rings (SSSR count). The molecule has 0 atom stereocenters. The van der Waals surface area contributed by atoms with E-state index in [0.717, 1.165) is 11.1 Å². The first-order valence-corrected chi connectivity index (χ1v) is 10.4. The number of ether oxygens (including phenoxy) is 4. The van der Waals surface area contributed by atoms with Gasteiger partial charge in [-0.05, 0) is 34.9 Å². The minimum atomic E-state index is -0.703. The second-order valence-corrected chi connectivity index (χ2v) is 7.05. The van der Waals surface area contributed by atoms with E-state index in [0.29, 0.717) is 30.3 Å². The van der Waals surface area contributed by atoms with E-state index in [1.807, 2.05) is 66.7 Å². The maximum atomic E-state index is 12.2. The summed E-state index contributed by atoms with van der Waals surface area (Å²) < 4.78 is 21.9. The minimum Gasteiger partial charge on any atom is -0.485 e. The number of carbonyl (C=O) groups excluding carboxylic acids is 1. The van der Waals surface area contributed by atoms with E-state index >= 15 is 0 Å². The topological polar surface area (TPSA) is 77.8 Å². The van der Waals surface area contributed by atoms with Crippen molar-refractivity contribution in [2.24, 2.45) is 0 Å². The lowest BCUT2D eigenvalue weighted by Crippen LogP contribution is -2.11. The van der Waals surface area contributed by atoms with E-state index in [1.54, 1.807) is 18.2 Å². The largest absolute Gasteiger partial charge is 0.485 e. The fourth-order valence-electron chi connectivity index (χ4n) is 2.92. The Balaban J connectivity index is 1.81. The molecule has 168 valence electrons. The number of hydrogen-bond donors (Lipinski definition) is 0. The third-order valence-electron chi connectivity index (χ3n) is 4.61. The van der Waals surface area contributed by atoms with Crippen LogP contribution in [0.5, 0.6) is 11.5 Å². The Morgan fingerprint density at radius 3 is 2.03 bits per heavy atom. The van der Waals surface area contributed by atoms with Gasteiger partial charge in [-0.3, -0.25) is 0 Å². The minimum absolute atomic E-state index is 0.0755. The SMILES string of the molecule is COCCOC(=O)C(C#N)=Cc1ccc(OCc2ccccc2)c(OCc2ccccc2)c1. The highest BCUT2D eigenvalue weighted by Crippen LogP contribution is 2.31. The van der Waals surface area contributed by atoms with E-state index in [9.17, 15) is 10.1 Å². The van der Waals surface area contributed by atoms with Gasteiger partial charge in [-0.25, -0.2) is 4.79 Å². The zero-order valence-electron chi connectivity index (χ0n) is 18.4. The van der Waals surface area contributed by atoms with Crippen molar-refractivity contribution < 1.29 is 23.7 Å². The molecular weight excluding hydrogens is 418 g/mol. The number of carbonyl (C=O) groups is 1. The van der Waals surface area contributed by atoms with Crippen LogP contribution >= 0.6 is 0 Å². The van der Waals surface area contributed by atoms with E-state index in [4.69, 9.17) is 18.9 Å². The first kappa shape index (κ1) is 23.6. The second-order valence-electron chi connectivity index (χ2n) is 7.05. The number of methoxy groups -OCH3 is 1. The zero-order chi connectivity index (χ0) is 23.3. The van der Waals surface area contributed by atoms with Crippen LogP contribution in [0.15, 0.2) is 84.4 Å². The van der Waals surface area contributed by atoms with Gasteiger partial charge in [0.1, 0.15) is 31.5 Å². The van der Waals surface area contributed by atoms with Crippen LogP contribution in [0.1, 0.15) is 16.7 Å². The Bertz CT molecular complexity index is 1100. The number of nitriles is 1. The van der Waals surface area contributed by atoms with E-state index in [2.05, 4.69) is 0 Å². The average Bonchev–Trinajstić information content (AvgIpc) is 2.86. The summed E-state index contributed by atoms with van der Waals surface area (Å²) in [6, 6.07) is 26.7. The maximum absolute atomic E-state index is 12.2. The smallest absolute Gasteiger partial charge is 0.348 e. The van der Waals surface area contributed by atoms with Gasteiger partial charge >= 0.3 is 5.97 Å². The van der Waals surface area contributed by atoms with Crippen molar-refractivity contribution in [1.82, 2.24) is 0 Å². The molecule has 0 aliphatic carbocycles. The molecule has 0 radical (unpaired) electrons. The molecule has 0 unspecified atom stereocenters. The van der Waals surface area contributed by atoms with Crippen LogP contribution in [-0.4, -0.2) is 26.3 Å². The van der Waals surface area contributed by atoms with Crippen LogP contribution < -0.4 is 9.47 Å². The third kappa shape index (κ3) is 7.53. The van der Waals surface area contributed by atoms with E-state index in [-0.39, 0.29) is 18.8 Å². The maximum Gasteiger partial charge on any atom is 0.348 e. The van der Waals surface area contributed by atoms with Crippen LogP contribution in [0.3, 0.4) is 0 Å². The normalized spacial score (nSPS) is 10.8. The lowest BCUT2D eigenvalue weighted by atomic mass is 10.1. The Hall–Kier alpha value is -4.08. The third-order valence-corrected chi connectivity index (χ3v) is 4.61. The second kappa shape index (κ2) is 12.7. The molecule has 0 aliphatic rings. The monoisotopic (exact) mass is 443 g/mol. The summed E-state index contributed by atoms with van der Waals surface area (Å²) in [5.74, 6) is 0.368. The standard InChI is InChI=1S/C27H25NO5/c1-30-14-15-31-27(29)24(18-28)16-23-12-13-25(32-19-21-8-4-2-5-9-21)26(17-23)33-20-22-10-6-3-7-11-22/h2-13,16-17H,14-15,19-20H2,1H3. The number of esters is 1. The van der Waals surface area contributed by atoms with Crippen LogP contribution in [-0.2, 0) is 27.5 Å². The molecule has 0 amide bonds. The van der Waals surface area contributed by atoms with Gasteiger partial charge in [-0.1, -0.05) is 66.7 Å². The molecule has 3 aromatic rings. The first-order valence-electron chi connectivity index (χ1n) is 10.4. The summed E-state index contributed by atoms with van der Waals surface area (Å²) in [4.78, 5) is 12.2. The van der Waals surface area contributed by atoms with Gasteiger partial charge in [0.05, 0.1) is 6.61 Å². The molecule has 0 saturated carbocycles. The average molecular weight is 443 g/mol. The Labute approximate surface area is 193 Å². The molecule has 0 bridgehead atoms. The summed E-state index contributed by atoms with van der Waals surface area (Å²) in [5.41, 5.74) is 2.54. The van der Waals surface area contributed by atoms with Crippen molar-refractivity contribution in [1.29, 1.82) is 5.26 Å². The molecule has 3 aromatic carbocycles. The zero-order valence-corrected chi connectivity index (χ0v) is 18.4. The quantitative estimate of drug-likeness (QED) is 0.181. The van der Waals surface area contributed by atoms with Crippen molar-refractivity contribution in [2.45, 2.75) is 13.2 Å². The summed E-state index contributed by atoms with van der Waals surface area (Å²) in [7, 11) is 1.51. The Morgan fingerprint density at radius 1 is 0.848 bits per heavy atom. The number of nitrogens with zero attached hydrogens (tertiary/aromatic N) is 1. The van der Waals surface area contributed by atoms with Gasteiger partial charge < -0.3 is 18.9 Å². The highest BCUT2D eigenvalue weighted by Gasteiger charge is 2.13. The Kier molecular flexibility index (Phi) is 9.07. The Morgan fingerprint density at radius 2 is 1.45 bits per heavy atom. The molecule has 33 heavy (non-hydrogen) atoms. The number of hydrogen-bond acceptors (Lipinski definition) is 6. The first-order chi connectivity index (χ1) is 16.2. The van der Waals surface area contributed by atoms with Crippen molar-refractivity contribution >= 4 is 12.0 Å². The van der Waals surface area contributed by atoms with Crippen molar-refractivity contribution in [3.8, 4) is 17.6 Å². The molecule has 6 nitrogen and oxygen atoms in total. The summed E-state index contributed by atoms with van der Waals surface area (Å²) >= 11 is 0. The van der Waals surface area contributed by atoms with Crippen LogP contribution in [0.2, 0.25) is 0 Å². The van der Waals surface area contributed by atoms with Crippen LogP contribution in [0.4, 0.5) is 0 Å². The van der Waals surface area contributed by atoms with Gasteiger partial charge in [-0.2, -0.15) is 5.26 Å². The van der Waals surface area contributed by atoms with Gasteiger partial charge in [0.15, 0.2) is 11.5 Å². The highest BCUT2D eigenvalue weighted by molar-refractivity contribution is 5.97. The molecule has 0 aromatic heterocycles. The molecular formula is C27H25NO5. The molecule has 0 fully saturated rings. The van der Waals surface area contributed by atoms with Crippen molar-refractivity contribution in [3.63, 3.8) is 0 Å². The summed E-state index contributed by atoms with van der Waals surface area (Å²) in [6.07, 6.45) is 1.46. The lowest BCUT2D eigenvalue weighted by molar-refractivity contribution is -0.139. The van der Waals surface area contributed by atoms with Crippen molar-refractivity contribution in [3.05, 3.63) is 101 Å². The number of rotatable bonds is 11. The summed E-state index contributed by atoms with van der Waals surface area (Å²) in [6.45, 7) is 1.06. The fourth-order valence-corrected chi connectivity index (χ4v) is 2.92. The van der Waals surface area contributed by atoms with E-state index in [1.165, 1.54) is 13.2 Å². The number of benzene rings is 3. The van der Waals surface area contributed by atoms with Gasteiger partial charge in [-0.15, -0.1) is 0 Å². The van der Waals surface area contributed by atoms with Crippen LogP contribution in [0, 0.1) is 11.3 Å². The van der Waals surface area contributed by atoms with Gasteiger partial charge in [0.25, 0.3) is 0 Å². The van der Waals surface area contributed by atoms with Crippen molar-refractivity contribution in [2.75, 3.05) is 20.3 Å². The molecule has 0 heterocycles. The molecule has 0 aliphatic heterocycles. The highest BCUT2D eigenvalue weighted by atomic mass is 16.6. The molecule has 0 saturated heterocycles. The predicted octanol–water partition coefficient (Wildman–Crippen LogP) is 4.94. The fraction of sp³-hybridized carbons (Fsp3) is 0.185. The predicted molar refractivity (Wildman–Crippen MR) is 124 cm³/mol. The molecule has 0 N–H and O–H groups in total. The van der Waals surface area contributed by atoms with E-state index < -0.39 is 5.97 Å².